The highest BCUT2D eigenvalue weighted by Crippen LogP contribution is 2.09. The molecule has 2 heteroatoms. The Bertz CT molecular complexity index is 48.5. The minimum atomic E-state index is 0.954. The van der Waals surface area contributed by atoms with Gasteiger partial charge in [0.05, 0.1) is 0 Å². The third-order valence-electron chi connectivity index (χ3n) is 1.75. The molecule has 1 atom stereocenters. The fraction of sp³-hybridized carbons (Fsp3) is 1.00. The highest BCUT2D eigenvalue weighted by Gasteiger charge is 1.94. The van der Waals surface area contributed by atoms with E-state index in [4.69, 9.17) is 4.66 Å². The van der Waals surface area contributed by atoms with Crippen molar-refractivity contribution in [1.82, 2.24) is 0 Å². The molecule has 0 aliphatic rings. The summed E-state index contributed by atoms with van der Waals surface area (Å²) in [5.74, 6) is 0.954. The molecular formula is C8H18ClO-. The Labute approximate surface area is 69.6 Å². The van der Waals surface area contributed by atoms with Gasteiger partial charge < -0.3 is 4.66 Å². The van der Waals surface area contributed by atoms with Gasteiger partial charge in [0, 0.05) is 0 Å². The van der Waals surface area contributed by atoms with Gasteiger partial charge in [-0.2, -0.15) is 0 Å². The lowest BCUT2D eigenvalue weighted by Gasteiger charge is -2.04. The van der Waals surface area contributed by atoms with Crippen molar-refractivity contribution >= 4 is 11.9 Å². The van der Waals surface area contributed by atoms with Crippen molar-refractivity contribution in [2.24, 2.45) is 5.92 Å². The van der Waals surface area contributed by atoms with E-state index >= 15 is 0 Å². The van der Waals surface area contributed by atoms with Crippen LogP contribution in [0, 0.1) is 5.92 Å². The summed E-state index contributed by atoms with van der Waals surface area (Å²) in [6.07, 6.45) is 5.53. The molecule has 0 aliphatic heterocycles. The van der Waals surface area contributed by atoms with Gasteiger partial charge in [-0.05, 0) is 5.92 Å². The molecule has 0 saturated heterocycles. The smallest absolute Gasteiger partial charge is 0.0445 e. The number of hydrogen-bond acceptors (Lipinski definition) is 1. The molecule has 0 amide bonds. The van der Waals surface area contributed by atoms with E-state index in [9.17, 15) is 0 Å². The Balaban J connectivity index is 0. The first-order valence-electron chi connectivity index (χ1n) is 3.96. The predicted octanol–water partition coefficient (Wildman–Crippen LogP) is 2.72. The maximum atomic E-state index is 7.72. The maximum Gasteiger partial charge on any atom is -0.0445 e. The van der Waals surface area contributed by atoms with E-state index in [1.54, 1.807) is 0 Å². The molecule has 10 heavy (non-hydrogen) atoms. The average molecular weight is 166 g/mol. The molecular weight excluding hydrogens is 148 g/mol. The van der Waals surface area contributed by atoms with Crippen LogP contribution in [0.3, 0.4) is 0 Å². The highest BCUT2D eigenvalue weighted by molar-refractivity contribution is 6.02. The van der Waals surface area contributed by atoms with Crippen molar-refractivity contribution in [2.45, 2.75) is 46.5 Å². The Morgan fingerprint density at radius 2 is 1.80 bits per heavy atom. The second-order valence-electron chi connectivity index (χ2n) is 2.66. The summed E-state index contributed by atoms with van der Waals surface area (Å²) in [5.41, 5.74) is 0. The number of rotatable bonds is 4. The lowest BCUT2D eigenvalue weighted by molar-refractivity contribution is -0.166. The molecule has 1 unspecified atom stereocenters. The predicted molar refractivity (Wildman–Crippen MR) is 44.8 cm³/mol. The lowest BCUT2D eigenvalue weighted by atomic mass is 10.0. The minimum Gasteiger partial charge on any atom is -0.769 e. The van der Waals surface area contributed by atoms with Crippen LogP contribution in [0.4, 0.5) is 0 Å². The Kier molecular flexibility index (Phi) is 15.4. The normalized spacial score (nSPS) is 11.7. The van der Waals surface area contributed by atoms with Gasteiger partial charge in [-0.3, -0.25) is 0 Å². The molecule has 0 fully saturated rings. The van der Waals surface area contributed by atoms with Gasteiger partial charge in [0.1, 0.15) is 0 Å². The topological polar surface area (TPSA) is 23.1 Å². The van der Waals surface area contributed by atoms with Crippen molar-refractivity contribution in [3.05, 3.63) is 0 Å². The van der Waals surface area contributed by atoms with E-state index in [0.717, 1.165) is 5.92 Å². The van der Waals surface area contributed by atoms with Crippen LogP contribution >= 0.6 is 11.9 Å². The van der Waals surface area contributed by atoms with Crippen molar-refractivity contribution < 1.29 is 4.66 Å². The fourth-order valence-corrected chi connectivity index (χ4v) is 0.757. The van der Waals surface area contributed by atoms with E-state index in [0.29, 0.717) is 0 Å². The van der Waals surface area contributed by atoms with Crippen LogP contribution in [0.15, 0.2) is 0 Å². The summed E-state index contributed by atoms with van der Waals surface area (Å²) in [6.45, 7) is 6.85. The SMILES string of the molecule is CCCCC(C)CC.[O-]Cl. The van der Waals surface area contributed by atoms with Crippen LogP contribution in [0.25, 0.3) is 0 Å². The minimum absolute atomic E-state index is 0.954. The zero-order chi connectivity index (χ0) is 8.41. The van der Waals surface area contributed by atoms with Gasteiger partial charge in [0.2, 0.25) is 0 Å². The maximum absolute atomic E-state index is 7.72. The summed E-state index contributed by atoms with van der Waals surface area (Å²) in [4.78, 5) is 0. The molecule has 0 spiro atoms. The molecule has 0 radical (unpaired) electrons. The number of unbranched alkanes of at least 4 members (excludes halogenated alkanes) is 1. The molecule has 0 heterocycles. The molecule has 0 aliphatic carbocycles. The quantitative estimate of drug-likeness (QED) is 0.628. The molecule has 1 nitrogen and oxygen atoms in total. The monoisotopic (exact) mass is 165 g/mol. The number of hydrogen-bond donors (Lipinski definition) is 0. The second kappa shape index (κ2) is 12.0. The molecule has 0 N–H and O–H groups in total. The van der Waals surface area contributed by atoms with Gasteiger partial charge in [-0.25, -0.2) is 11.9 Å². The van der Waals surface area contributed by atoms with Gasteiger partial charge in [-0.1, -0.05) is 46.5 Å². The van der Waals surface area contributed by atoms with E-state index < -0.39 is 0 Å². The fourth-order valence-electron chi connectivity index (χ4n) is 0.757. The van der Waals surface area contributed by atoms with Crippen molar-refractivity contribution in [3.63, 3.8) is 0 Å². The molecule has 0 aromatic heterocycles. The van der Waals surface area contributed by atoms with Gasteiger partial charge in [-0.15, -0.1) is 0 Å². The lowest BCUT2D eigenvalue weighted by Crippen LogP contribution is -1.89. The first-order chi connectivity index (χ1) is 4.81. The standard InChI is InChI=1S/C8H18.ClO/c1-4-6-7-8(3)5-2;1-2/h8H,4-7H2,1-3H3;/q;-1. The molecule has 0 bridgehead atoms. The zero-order valence-corrected chi connectivity index (χ0v) is 7.95. The molecule has 0 aromatic carbocycles. The first-order valence-corrected chi connectivity index (χ1v) is 4.27. The average Bonchev–Trinajstić information content (AvgIpc) is 2.04. The van der Waals surface area contributed by atoms with Crippen molar-refractivity contribution in [1.29, 1.82) is 0 Å². The van der Waals surface area contributed by atoms with E-state index in [2.05, 4.69) is 32.6 Å². The first kappa shape index (κ1) is 12.9. The largest absolute Gasteiger partial charge is 0.769 e. The van der Waals surface area contributed by atoms with Gasteiger partial charge >= 0.3 is 0 Å². The van der Waals surface area contributed by atoms with Crippen LogP contribution in [-0.4, -0.2) is 0 Å². The third-order valence-corrected chi connectivity index (χ3v) is 1.75. The molecule has 0 aromatic rings. The summed E-state index contributed by atoms with van der Waals surface area (Å²) in [7, 11) is 0. The molecule has 0 rings (SSSR count). The molecule has 64 valence electrons. The summed E-state index contributed by atoms with van der Waals surface area (Å²) in [5, 5.41) is 0. The van der Waals surface area contributed by atoms with Crippen LogP contribution < -0.4 is 4.66 Å². The Morgan fingerprint density at radius 3 is 2.10 bits per heavy atom. The summed E-state index contributed by atoms with van der Waals surface area (Å²) >= 11 is 3.39. The van der Waals surface area contributed by atoms with Crippen LogP contribution in [0.1, 0.15) is 46.5 Å². The van der Waals surface area contributed by atoms with Gasteiger partial charge in [0.15, 0.2) is 0 Å². The summed E-state index contributed by atoms with van der Waals surface area (Å²) < 4.78 is 7.72. The summed E-state index contributed by atoms with van der Waals surface area (Å²) in [6, 6.07) is 0. The van der Waals surface area contributed by atoms with Crippen LogP contribution in [0.5, 0.6) is 0 Å². The Hall–Kier alpha value is 0.250. The van der Waals surface area contributed by atoms with E-state index in [1.165, 1.54) is 25.7 Å². The zero-order valence-electron chi connectivity index (χ0n) is 7.19. The highest BCUT2D eigenvalue weighted by atomic mass is 35.5. The van der Waals surface area contributed by atoms with E-state index in [-0.39, 0.29) is 0 Å². The third kappa shape index (κ3) is 11.1. The van der Waals surface area contributed by atoms with E-state index in [1.807, 2.05) is 0 Å². The Morgan fingerprint density at radius 1 is 1.30 bits per heavy atom. The van der Waals surface area contributed by atoms with Crippen LogP contribution in [-0.2, 0) is 0 Å². The molecule has 0 saturated carbocycles. The van der Waals surface area contributed by atoms with Crippen molar-refractivity contribution in [2.75, 3.05) is 0 Å². The van der Waals surface area contributed by atoms with Crippen LogP contribution in [0.2, 0.25) is 0 Å². The second-order valence-corrected chi connectivity index (χ2v) is 2.66. The van der Waals surface area contributed by atoms with Crippen molar-refractivity contribution in [3.8, 4) is 0 Å². The van der Waals surface area contributed by atoms with Gasteiger partial charge in [0.25, 0.3) is 0 Å². The number of halogens is 1.